The predicted octanol–water partition coefficient (Wildman–Crippen LogP) is 4.67. The number of hydrogen-bond donors (Lipinski definition) is 1. The average Bonchev–Trinajstić information content (AvgIpc) is 3.09. The van der Waals surface area contributed by atoms with Crippen molar-refractivity contribution >= 4 is 55.0 Å². The number of carbonyl (C=O) groups excluding carboxylic acids is 1. The number of hydrogen-bond acceptors (Lipinski definition) is 6. The van der Waals surface area contributed by atoms with Crippen LogP contribution >= 0.6 is 23.1 Å². The van der Waals surface area contributed by atoms with Gasteiger partial charge in [-0.3, -0.25) is 14.2 Å². The molecule has 0 aliphatic rings. The molecule has 0 spiro atoms. The van der Waals surface area contributed by atoms with Gasteiger partial charge in [0.15, 0.2) is 5.16 Å². The molecule has 8 heteroatoms. The highest BCUT2D eigenvalue weighted by Gasteiger charge is 2.16. The van der Waals surface area contributed by atoms with Crippen LogP contribution in [0.3, 0.4) is 0 Å². The number of rotatable bonds is 6. The van der Waals surface area contributed by atoms with Gasteiger partial charge < -0.3 is 10.1 Å². The molecule has 2 heterocycles. The van der Waals surface area contributed by atoms with Gasteiger partial charge >= 0.3 is 0 Å². The van der Waals surface area contributed by atoms with E-state index in [9.17, 15) is 9.59 Å². The molecule has 2 aromatic carbocycles. The Bertz CT molecular complexity index is 1290. The lowest BCUT2D eigenvalue weighted by atomic mass is 10.2. The van der Waals surface area contributed by atoms with E-state index in [-0.39, 0.29) is 23.3 Å². The molecule has 0 fully saturated rings. The van der Waals surface area contributed by atoms with Gasteiger partial charge in [0.25, 0.3) is 5.56 Å². The van der Waals surface area contributed by atoms with Crippen LogP contribution in [0.25, 0.3) is 20.3 Å². The first-order chi connectivity index (χ1) is 14.4. The van der Waals surface area contributed by atoms with Gasteiger partial charge in [-0.2, -0.15) is 0 Å². The molecule has 4 rings (SSSR count). The molecule has 2 aromatic heterocycles. The van der Waals surface area contributed by atoms with Crippen LogP contribution < -0.4 is 15.6 Å². The summed E-state index contributed by atoms with van der Waals surface area (Å²) in [5, 5.41) is 4.95. The minimum atomic E-state index is -0.189. The van der Waals surface area contributed by atoms with Crippen molar-refractivity contribution in [3.8, 4) is 5.75 Å². The zero-order chi connectivity index (χ0) is 21.3. The Labute approximate surface area is 181 Å². The summed E-state index contributed by atoms with van der Waals surface area (Å²) in [4.78, 5) is 30.8. The normalized spacial score (nSPS) is 11.3. The van der Waals surface area contributed by atoms with Crippen molar-refractivity contribution in [1.82, 2.24) is 9.55 Å². The number of nitrogens with zero attached hydrogens (tertiary/aromatic N) is 2. The average molecular weight is 440 g/mol. The van der Waals surface area contributed by atoms with E-state index in [1.54, 1.807) is 13.1 Å². The van der Waals surface area contributed by atoms with Gasteiger partial charge in [0.2, 0.25) is 5.91 Å². The number of nitrogens with one attached hydrogen (secondary N) is 1. The monoisotopic (exact) mass is 439 g/mol. The van der Waals surface area contributed by atoms with Crippen molar-refractivity contribution in [2.75, 3.05) is 11.1 Å². The maximum atomic E-state index is 12.9. The Morgan fingerprint density at radius 1 is 1.20 bits per heavy atom. The molecule has 30 heavy (non-hydrogen) atoms. The molecule has 0 saturated carbocycles. The maximum absolute atomic E-state index is 12.9. The van der Waals surface area contributed by atoms with E-state index in [1.165, 1.54) is 27.7 Å². The van der Waals surface area contributed by atoms with Crippen molar-refractivity contribution < 1.29 is 9.53 Å². The Morgan fingerprint density at radius 2 is 1.93 bits per heavy atom. The van der Waals surface area contributed by atoms with Crippen LogP contribution in [0.1, 0.15) is 13.8 Å². The third kappa shape index (κ3) is 4.06. The van der Waals surface area contributed by atoms with E-state index >= 15 is 0 Å². The largest absolute Gasteiger partial charge is 0.489 e. The number of amides is 1. The first-order valence-electron chi connectivity index (χ1n) is 9.50. The summed E-state index contributed by atoms with van der Waals surface area (Å²) in [6, 6.07) is 15.1. The molecule has 0 aliphatic heterocycles. The van der Waals surface area contributed by atoms with Gasteiger partial charge in [0, 0.05) is 17.1 Å². The van der Waals surface area contributed by atoms with Crippen LogP contribution in [0.15, 0.2) is 58.5 Å². The van der Waals surface area contributed by atoms with E-state index in [0.29, 0.717) is 26.8 Å². The van der Waals surface area contributed by atoms with Crippen molar-refractivity contribution in [3.63, 3.8) is 0 Å². The van der Waals surface area contributed by atoms with Gasteiger partial charge in [0.1, 0.15) is 10.6 Å². The van der Waals surface area contributed by atoms with Gasteiger partial charge in [-0.1, -0.05) is 42.1 Å². The van der Waals surface area contributed by atoms with Gasteiger partial charge in [-0.25, -0.2) is 4.98 Å². The number of aromatic nitrogens is 2. The quantitative estimate of drug-likeness (QED) is 0.349. The first-order valence-corrected chi connectivity index (χ1v) is 11.3. The van der Waals surface area contributed by atoms with E-state index in [0.717, 1.165) is 10.1 Å². The number of benzene rings is 2. The minimum absolute atomic E-state index is 0.00388. The van der Waals surface area contributed by atoms with Crippen molar-refractivity contribution in [2.45, 2.75) is 25.1 Å². The fourth-order valence-corrected chi connectivity index (χ4v) is 5.00. The van der Waals surface area contributed by atoms with Crippen molar-refractivity contribution in [2.24, 2.45) is 7.05 Å². The van der Waals surface area contributed by atoms with E-state index in [2.05, 4.69) is 10.3 Å². The highest BCUT2D eigenvalue weighted by Crippen LogP contribution is 2.31. The standard InChI is InChI=1S/C22H21N3O3S2/c1-13(2)28-16-10-6-5-9-15(16)23-18(26)12-29-22-24-20-19(21(27)25(22)3)14-8-4-7-11-17(14)30-20/h4-11,13H,12H2,1-3H3,(H,23,26). The molecule has 0 bridgehead atoms. The zero-order valence-electron chi connectivity index (χ0n) is 16.8. The third-order valence-electron chi connectivity index (χ3n) is 4.44. The fourth-order valence-electron chi connectivity index (χ4n) is 3.11. The van der Waals surface area contributed by atoms with Crippen molar-refractivity contribution in [3.05, 3.63) is 58.9 Å². The molecular formula is C22H21N3O3S2. The number of fused-ring (bicyclic) bond motifs is 3. The molecular weight excluding hydrogens is 418 g/mol. The zero-order valence-corrected chi connectivity index (χ0v) is 18.5. The predicted molar refractivity (Wildman–Crippen MR) is 124 cm³/mol. The second kappa shape index (κ2) is 8.49. The molecule has 1 amide bonds. The lowest BCUT2D eigenvalue weighted by Gasteiger charge is -2.14. The van der Waals surface area contributed by atoms with Crippen LogP contribution in [0, 0.1) is 0 Å². The lowest BCUT2D eigenvalue weighted by Crippen LogP contribution is -2.21. The summed E-state index contributed by atoms with van der Waals surface area (Å²) in [6.45, 7) is 3.87. The Balaban J connectivity index is 1.54. The molecule has 0 unspecified atom stereocenters. The number of thiophene rings is 1. The summed E-state index contributed by atoms with van der Waals surface area (Å²) < 4.78 is 8.28. The SMILES string of the molecule is CC(C)Oc1ccccc1NC(=O)CSc1nc2sc3ccccc3c2c(=O)n1C. The number of thioether (sulfide) groups is 1. The number of para-hydroxylation sites is 2. The Morgan fingerprint density at radius 3 is 2.73 bits per heavy atom. The summed E-state index contributed by atoms with van der Waals surface area (Å²) in [5.74, 6) is 0.570. The van der Waals surface area contributed by atoms with Crippen molar-refractivity contribution in [1.29, 1.82) is 0 Å². The first kappa shape index (κ1) is 20.4. The number of ether oxygens (including phenoxy) is 1. The Kier molecular flexibility index (Phi) is 5.78. The molecule has 1 N–H and O–H groups in total. The maximum Gasteiger partial charge on any atom is 0.263 e. The highest BCUT2D eigenvalue weighted by molar-refractivity contribution is 7.99. The smallest absolute Gasteiger partial charge is 0.263 e. The van der Waals surface area contributed by atoms with E-state index in [4.69, 9.17) is 4.74 Å². The molecule has 4 aromatic rings. The van der Waals surface area contributed by atoms with Gasteiger partial charge in [-0.05, 0) is 32.0 Å². The summed E-state index contributed by atoms with van der Waals surface area (Å²) >= 11 is 2.73. The molecule has 0 aliphatic carbocycles. The molecule has 154 valence electrons. The van der Waals surface area contributed by atoms with Gasteiger partial charge in [0.05, 0.1) is 22.9 Å². The van der Waals surface area contributed by atoms with Crippen LogP contribution in [0.2, 0.25) is 0 Å². The highest BCUT2D eigenvalue weighted by atomic mass is 32.2. The molecule has 0 saturated heterocycles. The van der Waals surface area contributed by atoms with Crippen LogP contribution in [-0.2, 0) is 11.8 Å². The Hall–Kier alpha value is -2.84. The number of carbonyl (C=O) groups is 1. The summed E-state index contributed by atoms with van der Waals surface area (Å²) in [7, 11) is 1.69. The number of anilines is 1. The molecule has 0 atom stereocenters. The minimum Gasteiger partial charge on any atom is -0.489 e. The second-order valence-corrected chi connectivity index (χ2v) is 9.01. The molecule has 0 radical (unpaired) electrons. The lowest BCUT2D eigenvalue weighted by molar-refractivity contribution is -0.113. The third-order valence-corrected chi connectivity index (χ3v) is 6.53. The second-order valence-electron chi connectivity index (χ2n) is 7.04. The fraction of sp³-hybridized carbons (Fsp3) is 0.227. The summed E-state index contributed by atoms with van der Waals surface area (Å²) in [6.07, 6.45) is 0.00388. The van der Waals surface area contributed by atoms with Crippen LogP contribution in [0.5, 0.6) is 5.75 Å². The van der Waals surface area contributed by atoms with E-state index < -0.39 is 0 Å². The molecule has 6 nitrogen and oxygen atoms in total. The van der Waals surface area contributed by atoms with E-state index in [1.807, 2.05) is 56.3 Å². The topological polar surface area (TPSA) is 73.2 Å². The summed E-state index contributed by atoms with van der Waals surface area (Å²) in [5.41, 5.74) is 0.523. The van der Waals surface area contributed by atoms with Crippen LogP contribution in [-0.4, -0.2) is 27.3 Å². The van der Waals surface area contributed by atoms with Gasteiger partial charge in [-0.15, -0.1) is 11.3 Å². The van der Waals surface area contributed by atoms with Crippen LogP contribution in [0.4, 0.5) is 5.69 Å².